The van der Waals surface area contributed by atoms with E-state index in [0.717, 1.165) is 15.7 Å². The van der Waals surface area contributed by atoms with Crippen molar-refractivity contribution in [1.29, 1.82) is 5.26 Å². The molecule has 1 N–H and O–H groups in total. The average Bonchev–Trinajstić information content (AvgIpc) is 2.58. The molecule has 0 unspecified atom stereocenters. The van der Waals surface area contributed by atoms with E-state index < -0.39 is 11.9 Å². The Hall–Kier alpha value is -2.52. The number of hydrogen-bond donors (Lipinski definition) is 1. The fourth-order valence-corrected chi connectivity index (χ4v) is 2.64. The molecule has 23 heavy (non-hydrogen) atoms. The average molecular weight is 328 g/mol. The highest BCUT2D eigenvalue weighted by Crippen LogP contribution is 2.23. The van der Waals surface area contributed by atoms with Crippen molar-refractivity contribution in [2.24, 2.45) is 0 Å². The largest absolute Gasteiger partial charge is 0.455 e. The lowest BCUT2D eigenvalue weighted by atomic mass is 10.1. The minimum atomic E-state index is -0.446. The van der Waals surface area contributed by atoms with Crippen LogP contribution in [0.25, 0.3) is 10.8 Å². The van der Waals surface area contributed by atoms with Crippen LogP contribution in [0.4, 0.5) is 0 Å². The van der Waals surface area contributed by atoms with Crippen molar-refractivity contribution in [3.05, 3.63) is 42.5 Å². The summed E-state index contributed by atoms with van der Waals surface area (Å²) in [6.07, 6.45) is 0.234. The summed E-state index contributed by atoms with van der Waals surface area (Å²) < 4.78 is 4.89. The van der Waals surface area contributed by atoms with E-state index in [2.05, 4.69) is 5.32 Å². The van der Waals surface area contributed by atoms with Gasteiger partial charge in [0.05, 0.1) is 18.2 Å². The number of carbonyl (C=O) groups is 2. The van der Waals surface area contributed by atoms with Crippen LogP contribution in [-0.4, -0.2) is 30.8 Å². The first-order valence-corrected chi connectivity index (χ1v) is 8.08. The zero-order chi connectivity index (χ0) is 16.5. The molecule has 0 fully saturated rings. The molecule has 0 atom stereocenters. The van der Waals surface area contributed by atoms with Crippen LogP contribution in [-0.2, 0) is 14.3 Å². The van der Waals surface area contributed by atoms with Crippen LogP contribution in [0, 0.1) is 11.3 Å². The molecule has 0 aliphatic heterocycles. The van der Waals surface area contributed by atoms with Gasteiger partial charge in [0.1, 0.15) is 0 Å². The quantitative estimate of drug-likeness (QED) is 0.480. The van der Waals surface area contributed by atoms with E-state index in [-0.39, 0.29) is 25.3 Å². The number of amides is 1. The van der Waals surface area contributed by atoms with Gasteiger partial charge in [0, 0.05) is 11.4 Å². The molecule has 0 heterocycles. The van der Waals surface area contributed by atoms with Crippen molar-refractivity contribution < 1.29 is 14.3 Å². The molecule has 0 saturated heterocycles. The van der Waals surface area contributed by atoms with E-state index in [1.165, 1.54) is 11.8 Å². The second kappa shape index (κ2) is 8.81. The molecular weight excluding hydrogens is 312 g/mol. The Balaban J connectivity index is 1.75. The fourth-order valence-electron chi connectivity index (χ4n) is 1.90. The van der Waals surface area contributed by atoms with Gasteiger partial charge in [-0.15, -0.1) is 11.8 Å². The van der Waals surface area contributed by atoms with Gasteiger partial charge in [0.25, 0.3) is 5.91 Å². The Morgan fingerprint density at radius 3 is 2.74 bits per heavy atom. The zero-order valence-electron chi connectivity index (χ0n) is 12.5. The molecule has 0 aromatic heterocycles. The first kappa shape index (κ1) is 16.8. The Kier molecular flexibility index (Phi) is 6.45. The van der Waals surface area contributed by atoms with Crippen LogP contribution < -0.4 is 5.32 Å². The summed E-state index contributed by atoms with van der Waals surface area (Å²) in [5, 5.41) is 13.1. The number of rotatable bonds is 7. The highest BCUT2D eigenvalue weighted by atomic mass is 32.2. The summed E-state index contributed by atoms with van der Waals surface area (Å²) in [5.74, 6) is -0.702. The third-order valence-corrected chi connectivity index (χ3v) is 3.97. The van der Waals surface area contributed by atoms with Gasteiger partial charge in [-0.25, -0.2) is 0 Å². The van der Waals surface area contributed by atoms with Crippen molar-refractivity contribution in [1.82, 2.24) is 5.32 Å². The minimum Gasteiger partial charge on any atom is -0.455 e. The molecule has 2 rings (SSSR count). The van der Waals surface area contributed by atoms with Gasteiger partial charge in [0.15, 0.2) is 6.61 Å². The number of ether oxygens (including phenoxy) is 1. The summed E-state index contributed by atoms with van der Waals surface area (Å²) in [6.45, 7) is -0.0543. The maximum absolute atomic E-state index is 11.6. The van der Waals surface area contributed by atoms with E-state index in [0.29, 0.717) is 0 Å². The molecule has 0 saturated carbocycles. The highest BCUT2D eigenvalue weighted by molar-refractivity contribution is 8.00. The van der Waals surface area contributed by atoms with Crippen LogP contribution in [0.3, 0.4) is 0 Å². The van der Waals surface area contributed by atoms with Crippen LogP contribution in [0.5, 0.6) is 0 Å². The maximum Gasteiger partial charge on any atom is 0.316 e. The standard InChI is InChI=1S/C17H16N2O3S/c18-8-3-9-19-16(20)11-22-17(21)12-23-15-7-6-13-4-1-2-5-14(13)10-15/h1-2,4-7,10H,3,9,11-12H2,(H,19,20). The number of esters is 1. The molecule has 0 aliphatic rings. The monoisotopic (exact) mass is 328 g/mol. The number of carbonyl (C=O) groups excluding carboxylic acids is 2. The van der Waals surface area contributed by atoms with Crippen molar-refractivity contribution in [3.8, 4) is 6.07 Å². The van der Waals surface area contributed by atoms with Gasteiger partial charge in [-0.1, -0.05) is 30.3 Å². The number of thioether (sulfide) groups is 1. The lowest BCUT2D eigenvalue weighted by Crippen LogP contribution is -2.29. The first-order valence-electron chi connectivity index (χ1n) is 7.10. The Morgan fingerprint density at radius 1 is 1.17 bits per heavy atom. The van der Waals surface area contributed by atoms with Crippen LogP contribution in [0.15, 0.2) is 47.4 Å². The van der Waals surface area contributed by atoms with Crippen molar-refractivity contribution in [2.45, 2.75) is 11.3 Å². The number of hydrogen-bond acceptors (Lipinski definition) is 5. The molecule has 118 valence electrons. The number of nitriles is 1. The molecule has 1 amide bonds. The van der Waals surface area contributed by atoms with Gasteiger partial charge >= 0.3 is 5.97 Å². The molecule has 0 spiro atoms. The molecule has 0 radical (unpaired) electrons. The lowest BCUT2D eigenvalue weighted by molar-refractivity contribution is -0.145. The Bertz CT molecular complexity index is 740. The van der Waals surface area contributed by atoms with Crippen molar-refractivity contribution >= 4 is 34.4 Å². The van der Waals surface area contributed by atoms with Gasteiger partial charge in [-0.2, -0.15) is 5.26 Å². The second-order valence-corrected chi connectivity index (χ2v) is 5.77. The summed E-state index contributed by atoms with van der Waals surface area (Å²) in [4.78, 5) is 23.9. The third-order valence-electron chi connectivity index (χ3n) is 3.00. The molecule has 0 aliphatic carbocycles. The molecule has 0 bridgehead atoms. The smallest absolute Gasteiger partial charge is 0.316 e. The predicted molar refractivity (Wildman–Crippen MR) is 88.9 cm³/mol. The number of nitrogens with one attached hydrogen (secondary N) is 1. The first-order chi connectivity index (χ1) is 11.2. The van der Waals surface area contributed by atoms with Gasteiger partial charge < -0.3 is 10.1 Å². The predicted octanol–water partition coefficient (Wildman–Crippen LogP) is 2.50. The molecule has 2 aromatic rings. The molecule has 6 heteroatoms. The SMILES string of the molecule is N#CCCNC(=O)COC(=O)CSc1ccc2ccccc2c1. The van der Waals surface area contributed by atoms with Crippen LogP contribution >= 0.6 is 11.8 Å². The van der Waals surface area contributed by atoms with Gasteiger partial charge in [-0.3, -0.25) is 9.59 Å². The summed E-state index contributed by atoms with van der Waals surface area (Å²) in [7, 11) is 0. The topological polar surface area (TPSA) is 79.2 Å². The van der Waals surface area contributed by atoms with Gasteiger partial charge in [-0.05, 0) is 22.9 Å². The van der Waals surface area contributed by atoms with E-state index in [1.807, 2.05) is 48.5 Å². The Morgan fingerprint density at radius 2 is 1.96 bits per heavy atom. The summed E-state index contributed by atoms with van der Waals surface area (Å²) in [5.41, 5.74) is 0. The number of benzene rings is 2. The highest BCUT2D eigenvalue weighted by Gasteiger charge is 2.08. The molecular formula is C17H16N2O3S. The van der Waals surface area contributed by atoms with E-state index >= 15 is 0 Å². The maximum atomic E-state index is 11.6. The van der Waals surface area contributed by atoms with E-state index in [1.54, 1.807) is 0 Å². The third kappa shape index (κ3) is 5.64. The van der Waals surface area contributed by atoms with E-state index in [9.17, 15) is 9.59 Å². The minimum absolute atomic E-state index is 0.143. The van der Waals surface area contributed by atoms with Crippen LogP contribution in [0.2, 0.25) is 0 Å². The molecule has 5 nitrogen and oxygen atoms in total. The van der Waals surface area contributed by atoms with Crippen molar-refractivity contribution in [3.63, 3.8) is 0 Å². The van der Waals surface area contributed by atoms with Crippen LogP contribution in [0.1, 0.15) is 6.42 Å². The fraction of sp³-hybridized carbons (Fsp3) is 0.235. The van der Waals surface area contributed by atoms with Crippen molar-refractivity contribution in [2.75, 3.05) is 18.9 Å². The van der Waals surface area contributed by atoms with E-state index in [4.69, 9.17) is 10.00 Å². The normalized spacial score (nSPS) is 10.0. The molecule has 2 aromatic carbocycles. The zero-order valence-corrected chi connectivity index (χ0v) is 13.3. The number of nitrogens with zero attached hydrogens (tertiary/aromatic N) is 1. The number of fused-ring (bicyclic) bond motifs is 1. The second-order valence-electron chi connectivity index (χ2n) is 4.72. The summed E-state index contributed by atoms with van der Waals surface area (Å²) >= 11 is 1.37. The van der Waals surface area contributed by atoms with Gasteiger partial charge in [0.2, 0.25) is 0 Å². The lowest BCUT2D eigenvalue weighted by Gasteiger charge is -2.06. The summed E-state index contributed by atoms with van der Waals surface area (Å²) in [6, 6.07) is 15.9. The Labute approximate surface area is 138 Å².